The van der Waals surface area contributed by atoms with Crippen molar-refractivity contribution in [2.24, 2.45) is 4.99 Å². The first-order valence-corrected chi connectivity index (χ1v) is 3.56. The third-order valence-corrected chi connectivity index (χ3v) is 1.81. The number of hydrogen-bond donors (Lipinski definition) is 0. The van der Waals surface area contributed by atoms with Gasteiger partial charge in [-0.2, -0.15) is 0 Å². The van der Waals surface area contributed by atoms with Crippen LogP contribution in [0.4, 0.5) is 5.69 Å². The fraction of sp³-hybridized carbons (Fsp3) is 0. The largest absolute Gasteiger partial charge is 0.284 e. The maximum atomic E-state index is 11.1. The lowest BCUT2D eigenvalue weighted by molar-refractivity contribution is -0.385. The summed E-state index contributed by atoms with van der Waals surface area (Å²) in [4.78, 5) is 24.5. The number of nitrogens with zero attached hydrogens (tertiary/aromatic N) is 2. The fourth-order valence-corrected chi connectivity index (χ4v) is 1.24. The van der Waals surface area contributed by atoms with Crippen LogP contribution in [0.1, 0.15) is 15.9 Å². The summed E-state index contributed by atoms with van der Waals surface area (Å²) < 4.78 is 0. The number of rotatable bonds is 1. The van der Waals surface area contributed by atoms with Gasteiger partial charge in [-0.1, -0.05) is 12.1 Å². The Morgan fingerprint density at radius 2 is 2.15 bits per heavy atom. The Morgan fingerprint density at radius 3 is 2.85 bits per heavy atom. The van der Waals surface area contributed by atoms with Crippen LogP contribution >= 0.6 is 0 Å². The Kier molecular flexibility index (Phi) is 1.45. The number of carbonyl (C=O) groups excluding carboxylic acids is 1. The monoisotopic (exact) mass is 176 g/mol. The van der Waals surface area contributed by atoms with Gasteiger partial charge in [0.05, 0.1) is 4.92 Å². The Balaban J connectivity index is 2.71. The molecule has 0 N–H and O–H groups in total. The molecule has 1 amide bonds. The Morgan fingerprint density at radius 1 is 1.38 bits per heavy atom. The maximum Gasteiger partial charge on any atom is 0.284 e. The molecule has 0 fully saturated rings. The minimum absolute atomic E-state index is 0.0903. The normalized spacial score (nSPS) is 13.1. The van der Waals surface area contributed by atoms with E-state index in [4.69, 9.17) is 0 Å². The number of carbonyl (C=O) groups is 1. The quantitative estimate of drug-likeness (QED) is 0.476. The molecule has 0 aliphatic carbocycles. The van der Waals surface area contributed by atoms with Gasteiger partial charge in [0.1, 0.15) is 5.56 Å². The first-order valence-electron chi connectivity index (χ1n) is 3.56. The fourth-order valence-electron chi connectivity index (χ4n) is 1.24. The van der Waals surface area contributed by atoms with Crippen molar-refractivity contribution in [2.45, 2.75) is 0 Å². The van der Waals surface area contributed by atoms with Crippen LogP contribution in [0.3, 0.4) is 0 Å². The zero-order valence-electron chi connectivity index (χ0n) is 6.43. The number of amides is 1. The third-order valence-electron chi connectivity index (χ3n) is 1.81. The molecule has 1 aliphatic rings. The molecule has 1 aliphatic heterocycles. The van der Waals surface area contributed by atoms with Gasteiger partial charge in [0.15, 0.2) is 0 Å². The summed E-state index contributed by atoms with van der Waals surface area (Å²) in [6.07, 6.45) is 1.34. The summed E-state index contributed by atoms with van der Waals surface area (Å²) in [7, 11) is 0. The molecule has 0 unspecified atom stereocenters. The maximum absolute atomic E-state index is 11.1. The highest BCUT2D eigenvalue weighted by Crippen LogP contribution is 2.25. The van der Waals surface area contributed by atoms with E-state index < -0.39 is 10.8 Å². The van der Waals surface area contributed by atoms with Gasteiger partial charge in [0.2, 0.25) is 0 Å². The second-order valence-corrected chi connectivity index (χ2v) is 2.56. The summed E-state index contributed by atoms with van der Waals surface area (Å²) >= 11 is 0. The molecule has 0 saturated heterocycles. The van der Waals surface area contributed by atoms with E-state index >= 15 is 0 Å². The summed E-state index contributed by atoms with van der Waals surface area (Å²) in [6.45, 7) is 0. The molecule has 1 aromatic rings. The van der Waals surface area contributed by atoms with Gasteiger partial charge in [-0.05, 0) is 0 Å². The molecule has 1 heterocycles. The molecular weight excluding hydrogens is 172 g/mol. The van der Waals surface area contributed by atoms with Crippen molar-refractivity contribution in [3.63, 3.8) is 0 Å². The molecule has 64 valence electrons. The zero-order chi connectivity index (χ0) is 9.42. The SMILES string of the molecule is O=C1N=Cc2cccc([N+](=O)[O-])c21. The van der Waals surface area contributed by atoms with Crippen LogP contribution in [0.2, 0.25) is 0 Å². The van der Waals surface area contributed by atoms with Gasteiger partial charge in [-0.15, -0.1) is 0 Å². The smallest absolute Gasteiger partial charge is 0.266 e. The van der Waals surface area contributed by atoms with Crippen LogP contribution < -0.4 is 0 Å². The molecule has 0 aromatic heterocycles. The van der Waals surface area contributed by atoms with Gasteiger partial charge < -0.3 is 0 Å². The van der Waals surface area contributed by atoms with E-state index in [1.54, 1.807) is 6.07 Å². The lowest BCUT2D eigenvalue weighted by Crippen LogP contribution is -1.99. The summed E-state index contributed by atoms with van der Waals surface area (Å²) in [5.74, 6) is -0.540. The number of aliphatic imine (C=N–C) groups is 1. The molecule has 0 saturated carbocycles. The highest BCUT2D eigenvalue weighted by atomic mass is 16.6. The predicted molar refractivity (Wildman–Crippen MR) is 45.0 cm³/mol. The second-order valence-electron chi connectivity index (χ2n) is 2.56. The van der Waals surface area contributed by atoms with Gasteiger partial charge in [-0.25, -0.2) is 4.99 Å². The molecule has 2 rings (SSSR count). The van der Waals surface area contributed by atoms with Crippen molar-refractivity contribution in [1.29, 1.82) is 0 Å². The van der Waals surface area contributed by atoms with Gasteiger partial charge in [0, 0.05) is 17.8 Å². The first-order chi connectivity index (χ1) is 6.20. The third kappa shape index (κ3) is 1.01. The van der Waals surface area contributed by atoms with Crippen LogP contribution in [0, 0.1) is 10.1 Å². The Hall–Kier alpha value is -2.04. The highest BCUT2D eigenvalue weighted by Gasteiger charge is 2.25. The van der Waals surface area contributed by atoms with Crippen LogP contribution in [0.15, 0.2) is 23.2 Å². The van der Waals surface area contributed by atoms with Crippen molar-refractivity contribution in [2.75, 3.05) is 0 Å². The van der Waals surface area contributed by atoms with Crippen LogP contribution in [-0.4, -0.2) is 17.0 Å². The van der Waals surface area contributed by atoms with E-state index in [0.717, 1.165) is 0 Å². The second kappa shape index (κ2) is 2.48. The van der Waals surface area contributed by atoms with E-state index in [-0.39, 0.29) is 11.3 Å². The van der Waals surface area contributed by atoms with E-state index in [1.807, 2.05) is 0 Å². The van der Waals surface area contributed by atoms with Gasteiger partial charge >= 0.3 is 0 Å². The molecular formula is C8H4N2O3. The number of hydrogen-bond acceptors (Lipinski definition) is 3. The lowest BCUT2D eigenvalue weighted by Gasteiger charge is -1.96. The Bertz CT molecular complexity index is 437. The van der Waals surface area contributed by atoms with Crippen LogP contribution in [-0.2, 0) is 0 Å². The minimum Gasteiger partial charge on any atom is -0.266 e. The van der Waals surface area contributed by atoms with Gasteiger partial charge in [-0.3, -0.25) is 14.9 Å². The summed E-state index contributed by atoms with van der Waals surface area (Å²) in [5.41, 5.74) is 0.423. The van der Waals surface area contributed by atoms with Crippen molar-refractivity contribution in [3.05, 3.63) is 39.4 Å². The predicted octanol–water partition coefficient (Wildman–Crippen LogP) is 1.17. The number of benzene rings is 1. The van der Waals surface area contributed by atoms with E-state index in [0.29, 0.717) is 5.56 Å². The van der Waals surface area contributed by atoms with Crippen molar-refractivity contribution >= 4 is 17.8 Å². The molecule has 5 nitrogen and oxygen atoms in total. The molecule has 0 atom stereocenters. The molecule has 0 bridgehead atoms. The highest BCUT2D eigenvalue weighted by molar-refractivity contribution is 6.15. The van der Waals surface area contributed by atoms with E-state index in [9.17, 15) is 14.9 Å². The zero-order valence-corrected chi connectivity index (χ0v) is 6.43. The van der Waals surface area contributed by atoms with Crippen molar-refractivity contribution < 1.29 is 9.72 Å². The lowest BCUT2D eigenvalue weighted by atomic mass is 10.1. The van der Waals surface area contributed by atoms with Crippen LogP contribution in [0.5, 0.6) is 0 Å². The Labute approximate surface area is 72.9 Å². The number of nitro groups is 1. The molecule has 13 heavy (non-hydrogen) atoms. The van der Waals surface area contributed by atoms with E-state index in [1.165, 1.54) is 18.3 Å². The molecule has 0 spiro atoms. The molecule has 1 aromatic carbocycles. The summed E-state index contributed by atoms with van der Waals surface area (Å²) in [6, 6.07) is 4.45. The van der Waals surface area contributed by atoms with Crippen LogP contribution in [0.25, 0.3) is 0 Å². The average molecular weight is 176 g/mol. The van der Waals surface area contributed by atoms with E-state index in [2.05, 4.69) is 4.99 Å². The standard InChI is InChI=1S/C8H4N2O3/c11-8-7-5(4-9-8)2-1-3-6(7)10(12)13/h1-4H. The van der Waals surface area contributed by atoms with Crippen molar-refractivity contribution in [3.8, 4) is 0 Å². The topological polar surface area (TPSA) is 72.6 Å². The van der Waals surface area contributed by atoms with Gasteiger partial charge in [0.25, 0.3) is 11.6 Å². The summed E-state index contributed by atoms with van der Waals surface area (Å²) in [5, 5.41) is 10.5. The molecule has 5 heteroatoms. The first kappa shape index (κ1) is 7.60. The minimum atomic E-state index is -0.578. The number of fused-ring (bicyclic) bond motifs is 1. The molecule has 0 radical (unpaired) electrons. The average Bonchev–Trinajstić information content (AvgIpc) is 2.48. The number of nitro benzene ring substituents is 1. The van der Waals surface area contributed by atoms with Crippen molar-refractivity contribution in [1.82, 2.24) is 0 Å².